The topological polar surface area (TPSA) is 68.3 Å². The first-order valence-corrected chi connectivity index (χ1v) is 15.9. The van der Waals surface area contributed by atoms with Gasteiger partial charge < -0.3 is 16.0 Å². The van der Waals surface area contributed by atoms with Gasteiger partial charge in [0.15, 0.2) is 0 Å². The van der Waals surface area contributed by atoms with E-state index in [9.17, 15) is 0 Å². The molecule has 7 nitrogen and oxygen atoms in total. The molecular weight excluding hydrogens is 530 g/mol. The lowest BCUT2D eigenvalue weighted by atomic mass is 10.0. The van der Waals surface area contributed by atoms with Crippen LogP contribution in [0.25, 0.3) is 11.1 Å². The van der Waals surface area contributed by atoms with E-state index in [1.54, 1.807) is 0 Å². The minimum absolute atomic E-state index is 0.779. The van der Waals surface area contributed by atoms with Gasteiger partial charge in [0.2, 0.25) is 0 Å². The smallest absolute Gasteiger partial charge is 0.0544 e. The van der Waals surface area contributed by atoms with Crippen LogP contribution in [0.15, 0.2) is 97.3 Å². The lowest BCUT2D eigenvalue weighted by Crippen LogP contribution is -2.36. The lowest BCUT2D eigenvalue weighted by Gasteiger charge is -2.23. The summed E-state index contributed by atoms with van der Waals surface area (Å²) in [5.74, 6) is 0. The molecule has 1 aliphatic heterocycles. The van der Waals surface area contributed by atoms with Gasteiger partial charge in [0.05, 0.1) is 11.4 Å². The number of benzene rings is 2. The Labute approximate surface area is 257 Å². The predicted octanol–water partition coefficient (Wildman–Crippen LogP) is 4.71. The highest BCUT2D eigenvalue weighted by molar-refractivity contribution is 5.64. The van der Waals surface area contributed by atoms with E-state index in [0.29, 0.717) is 0 Å². The molecule has 1 saturated heterocycles. The van der Waals surface area contributed by atoms with Crippen LogP contribution in [0.4, 0.5) is 0 Å². The van der Waals surface area contributed by atoms with E-state index in [-0.39, 0.29) is 0 Å². The van der Waals surface area contributed by atoms with Gasteiger partial charge >= 0.3 is 0 Å². The molecule has 0 saturated carbocycles. The average Bonchev–Trinajstić information content (AvgIpc) is 3.04. The lowest BCUT2D eigenvalue weighted by molar-refractivity contribution is 0.242. The number of hydrogen-bond donors (Lipinski definition) is 3. The summed E-state index contributed by atoms with van der Waals surface area (Å²) in [5, 5.41) is 10.7. The molecule has 0 unspecified atom stereocenters. The van der Waals surface area contributed by atoms with Gasteiger partial charge in [-0.15, -0.1) is 0 Å². The van der Waals surface area contributed by atoms with Gasteiger partial charge in [-0.3, -0.25) is 19.8 Å². The van der Waals surface area contributed by atoms with Crippen molar-refractivity contribution in [3.05, 3.63) is 120 Å². The van der Waals surface area contributed by atoms with Crippen LogP contribution in [0, 0.1) is 0 Å². The van der Waals surface area contributed by atoms with Crippen molar-refractivity contribution in [2.75, 3.05) is 52.4 Å². The fourth-order valence-electron chi connectivity index (χ4n) is 5.56. The van der Waals surface area contributed by atoms with Crippen LogP contribution in [-0.4, -0.2) is 72.1 Å². The van der Waals surface area contributed by atoms with Crippen molar-refractivity contribution in [2.45, 2.75) is 39.0 Å². The molecule has 3 N–H and O–H groups in total. The Morgan fingerprint density at radius 1 is 0.535 bits per heavy atom. The van der Waals surface area contributed by atoms with Crippen LogP contribution in [0.3, 0.4) is 0 Å². The second-order valence-corrected chi connectivity index (χ2v) is 11.4. The fourth-order valence-corrected chi connectivity index (χ4v) is 5.56. The zero-order valence-corrected chi connectivity index (χ0v) is 25.4. The molecule has 2 aromatic carbocycles. The summed E-state index contributed by atoms with van der Waals surface area (Å²) >= 11 is 0. The molecule has 0 bridgehead atoms. The normalized spacial score (nSPS) is 16.1. The van der Waals surface area contributed by atoms with E-state index in [2.05, 4.69) is 109 Å². The molecule has 0 amide bonds. The van der Waals surface area contributed by atoms with Gasteiger partial charge in [0.25, 0.3) is 0 Å². The summed E-state index contributed by atoms with van der Waals surface area (Å²) in [6, 6.07) is 30.4. The summed E-state index contributed by atoms with van der Waals surface area (Å²) < 4.78 is 0. The van der Waals surface area contributed by atoms with Crippen molar-refractivity contribution in [1.29, 1.82) is 0 Å². The molecule has 5 rings (SSSR count). The third-order valence-corrected chi connectivity index (χ3v) is 7.90. The van der Waals surface area contributed by atoms with Crippen molar-refractivity contribution < 1.29 is 0 Å². The summed E-state index contributed by atoms with van der Waals surface area (Å²) in [7, 11) is 0. The molecule has 0 aliphatic carbocycles. The maximum absolute atomic E-state index is 4.56. The summed E-state index contributed by atoms with van der Waals surface area (Å²) in [5.41, 5.74) is 7.30. The van der Waals surface area contributed by atoms with Crippen molar-refractivity contribution >= 4 is 0 Å². The monoisotopic (exact) mass is 577 g/mol. The Kier molecular flexibility index (Phi) is 12.7. The maximum Gasteiger partial charge on any atom is 0.0544 e. The Bertz CT molecular complexity index is 1240. The van der Waals surface area contributed by atoms with Crippen LogP contribution in [0.1, 0.15) is 35.4 Å². The minimum atomic E-state index is 0.779. The van der Waals surface area contributed by atoms with Crippen molar-refractivity contribution in [3.8, 4) is 11.1 Å². The molecule has 0 radical (unpaired) electrons. The van der Waals surface area contributed by atoms with E-state index >= 15 is 0 Å². The van der Waals surface area contributed by atoms with Gasteiger partial charge in [0.1, 0.15) is 0 Å². The van der Waals surface area contributed by atoms with Crippen molar-refractivity contribution in [1.82, 2.24) is 35.7 Å². The van der Waals surface area contributed by atoms with E-state index < -0.39 is 0 Å². The zero-order chi connectivity index (χ0) is 29.4. The predicted molar refractivity (Wildman–Crippen MR) is 176 cm³/mol. The third kappa shape index (κ3) is 11.0. The Morgan fingerprint density at radius 2 is 1.09 bits per heavy atom. The molecule has 7 heteroatoms. The largest absolute Gasteiger partial charge is 0.315 e. The first kappa shape index (κ1) is 31.0. The van der Waals surface area contributed by atoms with Crippen LogP contribution < -0.4 is 16.0 Å². The minimum Gasteiger partial charge on any atom is -0.315 e. The fraction of sp³-hybridized carbons (Fsp3) is 0.389. The van der Waals surface area contributed by atoms with Gasteiger partial charge in [-0.2, -0.15) is 0 Å². The highest BCUT2D eigenvalue weighted by Gasteiger charge is 2.11. The van der Waals surface area contributed by atoms with Gasteiger partial charge in [-0.05, 0) is 85.5 Å². The molecule has 226 valence electrons. The average molecular weight is 578 g/mol. The number of pyridine rings is 2. The van der Waals surface area contributed by atoms with Crippen LogP contribution in [-0.2, 0) is 26.2 Å². The quantitative estimate of drug-likeness (QED) is 0.266. The molecule has 1 aliphatic rings. The summed E-state index contributed by atoms with van der Waals surface area (Å²) in [6.45, 7) is 12.0. The highest BCUT2D eigenvalue weighted by atomic mass is 15.1. The van der Waals surface area contributed by atoms with Gasteiger partial charge in [-0.1, -0.05) is 60.7 Å². The molecule has 43 heavy (non-hydrogen) atoms. The SMILES string of the molecule is c1ccc(CN(Cc2ccc(-c3ccc(CN4CCCNCCNCCCNCC4)cc3)cc2)Cc2ccccn2)nc1. The highest BCUT2D eigenvalue weighted by Crippen LogP contribution is 2.22. The summed E-state index contributed by atoms with van der Waals surface area (Å²) in [6.07, 6.45) is 6.08. The number of nitrogens with one attached hydrogen (secondary N) is 3. The first-order valence-electron chi connectivity index (χ1n) is 15.9. The second-order valence-electron chi connectivity index (χ2n) is 11.4. The summed E-state index contributed by atoms with van der Waals surface area (Å²) in [4.78, 5) is 14.1. The van der Waals surface area contributed by atoms with Gasteiger partial charge in [0, 0.05) is 64.8 Å². The molecule has 0 atom stereocenters. The first-order chi connectivity index (χ1) is 21.3. The molecule has 0 spiro atoms. The van der Waals surface area contributed by atoms with E-state index in [1.165, 1.54) is 35.1 Å². The van der Waals surface area contributed by atoms with Crippen LogP contribution in [0.2, 0.25) is 0 Å². The number of rotatable bonds is 9. The molecular formula is C36H47N7. The number of nitrogens with zero attached hydrogens (tertiary/aromatic N) is 4. The number of aromatic nitrogens is 2. The standard InChI is InChI=1S/C36H47N7/c1-3-20-40-35(7-1)29-43(30-36-8-2-4-21-41-36)28-32-11-15-34(16-12-32)33-13-9-31(10-14-33)27-42-25-6-19-38-23-22-37-17-5-18-39-24-26-42/h1-4,7-16,20-21,37-39H,5-6,17-19,22-30H2. The Balaban J connectivity index is 1.17. The molecule has 4 aromatic rings. The van der Waals surface area contributed by atoms with Crippen LogP contribution >= 0.6 is 0 Å². The maximum atomic E-state index is 4.56. The van der Waals surface area contributed by atoms with E-state index in [4.69, 9.17) is 0 Å². The van der Waals surface area contributed by atoms with Gasteiger partial charge in [-0.25, -0.2) is 0 Å². The third-order valence-electron chi connectivity index (χ3n) is 7.90. The second kappa shape index (κ2) is 17.6. The van der Waals surface area contributed by atoms with E-state index in [0.717, 1.165) is 89.9 Å². The Hall–Kier alpha value is -3.46. The van der Waals surface area contributed by atoms with Crippen molar-refractivity contribution in [3.63, 3.8) is 0 Å². The zero-order valence-electron chi connectivity index (χ0n) is 25.4. The molecule has 1 fully saturated rings. The van der Waals surface area contributed by atoms with Crippen LogP contribution in [0.5, 0.6) is 0 Å². The number of hydrogen-bond acceptors (Lipinski definition) is 7. The van der Waals surface area contributed by atoms with Crippen molar-refractivity contribution in [2.24, 2.45) is 0 Å². The van der Waals surface area contributed by atoms with E-state index in [1.807, 2.05) is 24.5 Å². The Morgan fingerprint density at radius 3 is 1.67 bits per heavy atom. The molecule has 2 aromatic heterocycles. The molecule has 3 heterocycles.